The first kappa shape index (κ1) is 23.7. The topological polar surface area (TPSA) is 91.7 Å². The van der Waals surface area contributed by atoms with Gasteiger partial charge in [-0.1, -0.05) is 25.0 Å². The number of furan rings is 1. The summed E-state index contributed by atoms with van der Waals surface area (Å²) in [5, 5.41) is 7.38. The van der Waals surface area contributed by atoms with Crippen LogP contribution < -0.4 is 15.5 Å². The predicted molar refractivity (Wildman–Crippen MR) is 127 cm³/mol. The summed E-state index contributed by atoms with van der Waals surface area (Å²) in [6.45, 7) is 1.37. The van der Waals surface area contributed by atoms with Gasteiger partial charge in [0.25, 0.3) is 11.8 Å². The van der Waals surface area contributed by atoms with Crippen LogP contribution in [0.4, 0.5) is 10.1 Å². The molecule has 1 fully saturated rings. The van der Waals surface area contributed by atoms with E-state index in [2.05, 4.69) is 10.6 Å². The Labute approximate surface area is 200 Å². The Bertz CT molecular complexity index is 1150. The van der Waals surface area contributed by atoms with E-state index in [-0.39, 0.29) is 24.0 Å². The highest BCUT2D eigenvalue weighted by Crippen LogP contribution is 2.30. The molecule has 0 radical (unpaired) electrons. The fraction of sp³-hybridized carbons (Fsp3) is 0.320. The maximum Gasteiger partial charge on any atom is 0.261 e. The highest BCUT2D eigenvalue weighted by molar-refractivity contribution is 7.12. The van der Waals surface area contributed by atoms with Crippen LogP contribution in [0.5, 0.6) is 0 Å². The molecule has 9 heteroatoms. The van der Waals surface area contributed by atoms with Gasteiger partial charge in [0.1, 0.15) is 17.3 Å². The molecule has 1 aromatic carbocycles. The van der Waals surface area contributed by atoms with Crippen molar-refractivity contribution in [2.45, 2.75) is 44.7 Å². The van der Waals surface area contributed by atoms with Gasteiger partial charge in [-0.25, -0.2) is 4.39 Å². The number of hydrogen-bond acceptors (Lipinski definition) is 5. The van der Waals surface area contributed by atoms with Crippen molar-refractivity contribution in [3.8, 4) is 0 Å². The lowest BCUT2D eigenvalue weighted by Crippen LogP contribution is -2.49. The summed E-state index contributed by atoms with van der Waals surface area (Å²) in [5.41, 5.74) is 0.191. The predicted octanol–water partition coefficient (Wildman–Crippen LogP) is 4.35. The number of benzene rings is 1. The molecule has 0 aliphatic heterocycles. The van der Waals surface area contributed by atoms with Crippen molar-refractivity contribution in [3.63, 3.8) is 0 Å². The summed E-state index contributed by atoms with van der Waals surface area (Å²) in [7, 11) is 0. The van der Waals surface area contributed by atoms with Crippen LogP contribution >= 0.6 is 11.3 Å². The first-order valence-electron chi connectivity index (χ1n) is 11.2. The zero-order valence-electron chi connectivity index (χ0n) is 18.8. The Kier molecular flexibility index (Phi) is 7.42. The number of carbonyl (C=O) groups excluding carboxylic acids is 3. The van der Waals surface area contributed by atoms with Gasteiger partial charge in [0.05, 0.1) is 11.4 Å². The monoisotopic (exact) mass is 483 g/mol. The van der Waals surface area contributed by atoms with Crippen LogP contribution in [0.25, 0.3) is 0 Å². The van der Waals surface area contributed by atoms with Crippen molar-refractivity contribution in [2.75, 3.05) is 11.4 Å². The van der Waals surface area contributed by atoms with Crippen LogP contribution in [0, 0.1) is 12.7 Å². The molecule has 1 saturated carbocycles. The molecule has 7 nitrogen and oxygen atoms in total. The first-order valence-corrected chi connectivity index (χ1v) is 12.1. The summed E-state index contributed by atoms with van der Waals surface area (Å²) in [5.74, 6) is -1.10. The average Bonchev–Trinajstić information content (AvgIpc) is 3.59. The second-order valence-corrected chi connectivity index (χ2v) is 9.19. The molecule has 3 aromatic rings. The molecule has 0 spiro atoms. The third-order valence-corrected chi connectivity index (χ3v) is 6.61. The number of carbonyl (C=O) groups is 3. The molecule has 1 aliphatic carbocycles. The molecule has 1 atom stereocenters. The van der Waals surface area contributed by atoms with E-state index in [4.69, 9.17) is 4.42 Å². The summed E-state index contributed by atoms with van der Waals surface area (Å²) in [6.07, 6.45) is 3.77. The van der Waals surface area contributed by atoms with Crippen molar-refractivity contribution in [2.24, 2.45) is 0 Å². The van der Waals surface area contributed by atoms with Gasteiger partial charge in [0, 0.05) is 11.7 Å². The zero-order valence-corrected chi connectivity index (χ0v) is 19.6. The van der Waals surface area contributed by atoms with Gasteiger partial charge < -0.3 is 15.1 Å². The molecule has 3 amide bonds. The highest BCUT2D eigenvalue weighted by Gasteiger charge is 2.36. The first-order chi connectivity index (χ1) is 16.4. The van der Waals surface area contributed by atoms with Gasteiger partial charge >= 0.3 is 0 Å². The third kappa shape index (κ3) is 5.53. The molecule has 34 heavy (non-hydrogen) atoms. The molecular formula is C25H26FN3O4S. The Hall–Kier alpha value is -3.46. The number of hydrogen-bond donors (Lipinski definition) is 2. The van der Waals surface area contributed by atoms with Crippen LogP contribution in [0.3, 0.4) is 0 Å². The van der Waals surface area contributed by atoms with Gasteiger partial charge in [-0.3, -0.25) is 19.3 Å². The number of rotatable bonds is 8. The minimum Gasteiger partial charge on any atom is -0.464 e. The second kappa shape index (κ2) is 10.6. The van der Waals surface area contributed by atoms with Gasteiger partial charge in [0.2, 0.25) is 5.91 Å². The van der Waals surface area contributed by atoms with E-state index < -0.39 is 29.6 Å². The Morgan fingerprint density at radius 2 is 1.94 bits per heavy atom. The van der Waals surface area contributed by atoms with E-state index in [0.29, 0.717) is 10.6 Å². The van der Waals surface area contributed by atoms with E-state index in [1.165, 1.54) is 34.4 Å². The number of aryl methyl sites for hydroxylation is 1. The van der Waals surface area contributed by atoms with Gasteiger partial charge in [-0.2, -0.15) is 0 Å². The zero-order chi connectivity index (χ0) is 24.1. The lowest BCUT2D eigenvalue weighted by atomic mass is 10.1. The minimum atomic E-state index is -1.16. The van der Waals surface area contributed by atoms with E-state index in [1.54, 1.807) is 42.6 Å². The number of thiophene rings is 1. The van der Waals surface area contributed by atoms with Crippen molar-refractivity contribution >= 4 is 34.7 Å². The van der Waals surface area contributed by atoms with E-state index in [1.807, 2.05) is 0 Å². The number of anilines is 1. The molecule has 2 heterocycles. The molecule has 1 unspecified atom stereocenters. The second-order valence-electron chi connectivity index (χ2n) is 8.24. The lowest BCUT2D eigenvalue weighted by Gasteiger charge is -2.31. The fourth-order valence-electron chi connectivity index (χ4n) is 4.12. The smallest absolute Gasteiger partial charge is 0.261 e. The van der Waals surface area contributed by atoms with E-state index >= 15 is 0 Å². The quantitative estimate of drug-likeness (QED) is 0.498. The number of amides is 3. The van der Waals surface area contributed by atoms with Gasteiger partial charge in [0.15, 0.2) is 6.04 Å². The Balaban J connectivity index is 1.66. The fourth-order valence-corrected chi connectivity index (χ4v) is 4.76. The molecule has 178 valence electrons. The van der Waals surface area contributed by atoms with Crippen molar-refractivity contribution in [3.05, 3.63) is 76.1 Å². The van der Waals surface area contributed by atoms with E-state index in [0.717, 1.165) is 25.7 Å². The SMILES string of the molecule is Cc1ccc(C(C(=O)NC2CCCC2)N(C(=O)CNC(=O)c2cccs2)c2cccc(F)c2)o1. The van der Waals surface area contributed by atoms with Crippen LogP contribution in [-0.4, -0.2) is 30.3 Å². The minimum absolute atomic E-state index is 0.00838. The highest BCUT2D eigenvalue weighted by atomic mass is 32.1. The molecule has 1 aliphatic rings. The van der Waals surface area contributed by atoms with Crippen LogP contribution in [0.15, 0.2) is 58.3 Å². The normalized spacial score (nSPS) is 14.5. The van der Waals surface area contributed by atoms with Crippen LogP contribution in [0.1, 0.15) is 52.9 Å². The third-order valence-electron chi connectivity index (χ3n) is 5.74. The van der Waals surface area contributed by atoms with Crippen LogP contribution in [-0.2, 0) is 9.59 Å². The largest absolute Gasteiger partial charge is 0.464 e. The molecule has 4 rings (SSSR count). The molecule has 2 N–H and O–H groups in total. The number of nitrogens with zero attached hydrogens (tertiary/aromatic N) is 1. The summed E-state index contributed by atoms with van der Waals surface area (Å²) >= 11 is 1.25. The van der Waals surface area contributed by atoms with Crippen LogP contribution in [0.2, 0.25) is 0 Å². The molecule has 0 saturated heterocycles. The Morgan fingerprint density at radius 1 is 1.15 bits per heavy atom. The summed E-state index contributed by atoms with van der Waals surface area (Å²) < 4.78 is 19.9. The molecule has 0 bridgehead atoms. The Morgan fingerprint density at radius 3 is 2.59 bits per heavy atom. The van der Waals surface area contributed by atoms with E-state index in [9.17, 15) is 18.8 Å². The number of nitrogens with one attached hydrogen (secondary N) is 2. The van der Waals surface area contributed by atoms with Crippen molar-refractivity contribution in [1.82, 2.24) is 10.6 Å². The molecular weight excluding hydrogens is 457 g/mol. The van der Waals surface area contributed by atoms with Gasteiger partial charge in [-0.05, 0) is 61.5 Å². The van der Waals surface area contributed by atoms with Crippen molar-refractivity contribution in [1.29, 1.82) is 0 Å². The standard InChI is InChI=1S/C25H26FN3O4S/c1-16-11-12-20(33-16)23(25(32)28-18-7-2-3-8-18)29(19-9-4-6-17(26)14-19)22(30)15-27-24(31)21-10-5-13-34-21/h4-6,9-14,18,23H,2-3,7-8,15H2,1H3,(H,27,31)(H,28,32). The maximum absolute atomic E-state index is 14.2. The number of halogens is 1. The summed E-state index contributed by atoms with van der Waals surface area (Å²) in [6, 6.07) is 11.0. The molecule has 2 aromatic heterocycles. The summed E-state index contributed by atoms with van der Waals surface area (Å²) in [4.78, 5) is 41.0. The maximum atomic E-state index is 14.2. The van der Waals surface area contributed by atoms with Gasteiger partial charge in [-0.15, -0.1) is 11.3 Å². The average molecular weight is 484 g/mol. The lowest BCUT2D eigenvalue weighted by molar-refractivity contribution is -0.127. The van der Waals surface area contributed by atoms with Crippen molar-refractivity contribution < 1.29 is 23.2 Å².